The van der Waals surface area contributed by atoms with Crippen LogP contribution in [0.15, 0.2) is 39.9 Å². The Morgan fingerprint density at radius 1 is 1.00 bits per heavy atom. The van der Waals surface area contributed by atoms with Crippen molar-refractivity contribution in [1.29, 1.82) is 0 Å². The second-order valence-corrected chi connectivity index (χ2v) is 3.93. The summed E-state index contributed by atoms with van der Waals surface area (Å²) >= 11 is 0. The van der Waals surface area contributed by atoms with Crippen LogP contribution >= 0.6 is 0 Å². The van der Waals surface area contributed by atoms with Crippen LogP contribution in [0.3, 0.4) is 0 Å². The Bertz CT molecular complexity index is 816. The minimum Gasteiger partial charge on any atom is -0.369 e. The Kier molecular flexibility index (Phi) is 2.38. The molecular formula is C12H9N5O2. The van der Waals surface area contributed by atoms with E-state index in [4.69, 9.17) is 5.73 Å². The van der Waals surface area contributed by atoms with Gasteiger partial charge in [0.25, 0.3) is 11.1 Å². The van der Waals surface area contributed by atoms with E-state index in [1.807, 2.05) is 30.3 Å². The zero-order chi connectivity index (χ0) is 13.4. The molecule has 2 aromatic heterocycles. The molecule has 0 fully saturated rings. The lowest BCUT2D eigenvalue weighted by Gasteiger charge is -1.93. The standard InChI is InChI=1S/C12H9N5O2/c13-12-16-10(18)7-8(11(19)17-12)15-9(14-7)6-4-2-1-3-5-6/h1-5H,(H,14,15)(H3,13,16,17,18,19). The van der Waals surface area contributed by atoms with E-state index in [1.54, 1.807) is 0 Å². The zero-order valence-corrected chi connectivity index (χ0v) is 9.68. The van der Waals surface area contributed by atoms with E-state index in [-0.39, 0.29) is 17.0 Å². The summed E-state index contributed by atoms with van der Waals surface area (Å²) in [5.41, 5.74) is 4.98. The molecule has 7 heteroatoms. The summed E-state index contributed by atoms with van der Waals surface area (Å²) in [5.74, 6) is 0.201. The molecule has 4 N–H and O–H groups in total. The Balaban J connectivity index is 2.38. The number of rotatable bonds is 1. The van der Waals surface area contributed by atoms with Gasteiger partial charge in [0.2, 0.25) is 5.95 Å². The van der Waals surface area contributed by atoms with Gasteiger partial charge in [-0.05, 0) is 0 Å². The van der Waals surface area contributed by atoms with E-state index in [0.717, 1.165) is 5.56 Å². The summed E-state index contributed by atoms with van der Waals surface area (Å²) in [6.45, 7) is 0. The maximum atomic E-state index is 11.8. The third-order valence-electron chi connectivity index (χ3n) is 2.64. The summed E-state index contributed by atoms with van der Waals surface area (Å²) in [6, 6.07) is 9.17. The van der Waals surface area contributed by atoms with E-state index in [0.29, 0.717) is 5.82 Å². The van der Waals surface area contributed by atoms with Crippen LogP contribution in [0.1, 0.15) is 0 Å². The van der Waals surface area contributed by atoms with Gasteiger partial charge < -0.3 is 10.7 Å². The summed E-state index contributed by atoms with van der Waals surface area (Å²) in [5, 5.41) is 0. The van der Waals surface area contributed by atoms with Crippen molar-refractivity contribution in [1.82, 2.24) is 19.9 Å². The number of nitrogens with one attached hydrogen (secondary N) is 2. The van der Waals surface area contributed by atoms with E-state index >= 15 is 0 Å². The number of H-pyrrole nitrogens is 2. The topological polar surface area (TPSA) is 118 Å². The number of hydrogen-bond donors (Lipinski definition) is 3. The van der Waals surface area contributed by atoms with Gasteiger partial charge in [0.05, 0.1) is 0 Å². The number of aromatic nitrogens is 4. The van der Waals surface area contributed by atoms with E-state index in [2.05, 4.69) is 19.9 Å². The second-order valence-electron chi connectivity index (χ2n) is 3.93. The van der Waals surface area contributed by atoms with Crippen LogP contribution in [-0.4, -0.2) is 19.9 Å². The van der Waals surface area contributed by atoms with Crippen molar-refractivity contribution in [2.45, 2.75) is 0 Å². The summed E-state index contributed by atoms with van der Waals surface area (Å²) < 4.78 is 0. The van der Waals surface area contributed by atoms with Crippen LogP contribution in [0.5, 0.6) is 0 Å². The van der Waals surface area contributed by atoms with Gasteiger partial charge >= 0.3 is 0 Å². The summed E-state index contributed by atoms with van der Waals surface area (Å²) in [6.07, 6.45) is 0. The average Bonchev–Trinajstić information content (AvgIpc) is 2.81. The molecule has 0 atom stereocenters. The van der Waals surface area contributed by atoms with Crippen LogP contribution in [0.4, 0.5) is 5.95 Å². The number of benzene rings is 1. The van der Waals surface area contributed by atoms with Gasteiger partial charge in [-0.3, -0.25) is 14.6 Å². The number of anilines is 1. The van der Waals surface area contributed by atoms with Crippen molar-refractivity contribution in [3.63, 3.8) is 0 Å². The first-order valence-corrected chi connectivity index (χ1v) is 5.50. The van der Waals surface area contributed by atoms with E-state index < -0.39 is 11.1 Å². The highest BCUT2D eigenvalue weighted by atomic mass is 16.1. The zero-order valence-electron chi connectivity index (χ0n) is 9.68. The van der Waals surface area contributed by atoms with Gasteiger partial charge in [-0.1, -0.05) is 30.3 Å². The highest BCUT2D eigenvalue weighted by Crippen LogP contribution is 2.16. The molecule has 2 heterocycles. The van der Waals surface area contributed by atoms with Gasteiger partial charge in [-0.15, -0.1) is 0 Å². The highest BCUT2D eigenvalue weighted by molar-refractivity contribution is 5.77. The molecule has 0 aliphatic carbocycles. The van der Waals surface area contributed by atoms with E-state index in [1.165, 1.54) is 0 Å². The summed E-state index contributed by atoms with van der Waals surface area (Å²) in [7, 11) is 0. The molecule has 0 unspecified atom stereocenters. The van der Waals surface area contributed by atoms with Crippen molar-refractivity contribution in [2.24, 2.45) is 0 Å². The Morgan fingerprint density at radius 2 is 1.74 bits per heavy atom. The smallest absolute Gasteiger partial charge is 0.299 e. The molecule has 1 aromatic carbocycles. The van der Waals surface area contributed by atoms with Crippen molar-refractivity contribution in [3.05, 3.63) is 51.0 Å². The largest absolute Gasteiger partial charge is 0.369 e. The molecule has 0 aliphatic rings. The molecule has 0 amide bonds. The number of imidazole rings is 1. The number of nitrogen functional groups attached to an aromatic ring is 1. The molecule has 0 aliphatic heterocycles. The number of fused-ring (bicyclic) bond motifs is 1. The molecule has 0 bridgehead atoms. The van der Waals surface area contributed by atoms with Gasteiger partial charge in [0.1, 0.15) is 11.3 Å². The van der Waals surface area contributed by atoms with Crippen molar-refractivity contribution in [3.8, 4) is 11.4 Å². The normalized spacial score (nSPS) is 10.7. The first-order valence-electron chi connectivity index (χ1n) is 5.50. The van der Waals surface area contributed by atoms with Crippen molar-refractivity contribution in [2.75, 3.05) is 5.73 Å². The second kappa shape index (κ2) is 4.05. The van der Waals surface area contributed by atoms with Gasteiger partial charge in [0.15, 0.2) is 5.52 Å². The van der Waals surface area contributed by atoms with Crippen molar-refractivity contribution < 1.29 is 0 Å². The highest BCUT2D eigenvalue weighted by Gasteiger charge is 2.10. The fraction of sp³-hybridized carbons (Fsp3) is 0. The van der Waals surface area contributed by atoms with Crippen LogP contribution in [-0.2, 0) is 0 Å². The Morgan fingerprint density at radius 3 is 2.47 bits per heavy atom. The minimum atomic E-state index is -0.625. The molecule has 7 nitrogen and oxygen atoms in total. The van der Waals surface area contributed by atoms with Crippen LogP contribution in [0.25, 0.3) is 22.4 Å². The fourth-order valence-electron chi connectivity index (χ4n) is 1.79. The number of hydrogen-bond acceptors (Lipinski definition) is 5. The molecule has 0 saturated carbocycles. The lowest BCUT2D eigenvalue weighted by Crippen LogP contribution is -2.06. The van der Waals surface area contributed by atoms with Crippen LogP contribution in [0, 0.1) is 0 Å². The summed E-state index contributed by atoms with van der Waals surface area (Å²) in [4.78, 5) is 36.3. The number of aromatic amines is 2. The quantitative estimate of drug-likeness (QED) is 0.576. The lowest BCUT2D eigenvalue weighted by molar-refractivity contribution is 1.16. The van der Waals surface area contributed by atoms with Gasteiger partial charge in [0, 0.05) is 5.56 Å². The van der Waals surface area contributed by atoms with Crippen molar-refractivity contribution >= 4 is 17.0 Å². The molecular weight excluding hydrogens is 246 g/mol. The van der Waals surface area contributed by atoms with Gasteiger partial charge in [-0.25, -0.2) is 4.98 Å². The average molecular weight is 255 g/mol. The Labute approximate surface area is 106 Å². The predicted molar refractivity (Wildman–Crippen MR) is 70.6 cm³/mol. The van der Waals surface area contributed by atoms with Crippen LogP contribution in [0.2, 0.25) is 0 Å². The molecule has 19 heavy (non-hydrogen) atoms. The third kappa shape index (κ3) is 1.86. The number of nitrogens with two attached hydrogens (primary N) is 1. The maximum Gasteiger partial charge on any atom is 0.299 e. The van der Waals surface area contributed by atoms with Gasteiger partial charge in [-0.2, -0.15) is 4.98 Å². The SMILES string of the molecule is Nc1nc(=O)c2[nH]c(-c3ccccc3)nc2c(=O)[nH]1. The minimum absolute atomic E-state index is 0.00643. The molecule has 0 spiro atoms. The fourth-order valence-corrected chi connectivity index (χ4v) is 1.79. The first kappa shape index (κ1) is 11.1. The van der Waals surface area contributed by atoms with E-state index in [9.17, 15) is 9.59 Å². The maximum absolute atomic E-state index is 11.8. The molecule has 3 aromatic rings. The monoisotopic (exact) mass is 255 g/mol. The predicted octanol–water partition coefficient (Wildman–Crippen LogP) is 0.256. The molecule has 0 radical (unpaired) electrons. The number of nitrogens with zero attached hydrogens (tertiary/aromatic N) is 2. The van der Waals surface area contributed by atoms with Crippen LogP contribution < -0.4 is 16.9 Å². The molecule has 94 valence electrons. The molecule has 0 saturated heterocycles. The Hall–Kier alpha value is -2.96. The first-order chi connectivity index (χ1) is 9.15. The third-order valence-corrected chi connectivity index (χ3v) is 2.64. The lowest BCUT2D eigenvalue weighted by atomic mass is 10.2. The molecule has 3 rings (SSSR count).